The second kappa shape index (κ2) is 7.72. The van der Waals surface area contributed by atoms with Gasteiger partial charge in [-0.2, -0.15) is 5.10 Å². The first-order chi connectivity index (χ1) is 12.1. The van der Waals surface area contributed by atoms with E-state index in [1.54, 1.807) is 17.7 Å². The third-order valence-corrected chi connectivity index (χ3v) is 4.56. The number of hydrogen-bond acceptors (Lipinski definition) is 4. The standard InChI is InChI=1S/C17H16Cl2N4O2/c1-11-15(18)16(19)23(21-11)9-5-8-20-17(24)13-10-14(25-22-13)12-6-3-2-4-7-12/h2-4,6-7,10H,5,8-9H2,1H3,(H,20,24). The highest BCUT2D eigenvalue weighted by Crippen LogP contribution is 2.25. The van der Waals surface area contributed by atoms with Crippen LogP contribution in [-0.4, -0.2) is 27.4 Å². The van der Waals surface area contributed by atoms with Gasteiger partial charge in [-0.25, -0.2) is 0 Å². The fourth-order valence-electron chi connectivity index (χ4n) is 2.32. The van der Waals surface area contributed by atoms with Gasteiger partial charge in [-0.3, -0.25) is 9.48 Å². The van der Waals surface area contributed by atoms with Crippen molar-refractivity contribution < 1.29 is 9.32 Å². The number of benzene rings is 1. The minimum Gasteiger partial charge on any atom is -0.355 e. The first-order valence-corrected chi connectivity index (χ1v) is 8.50. The van der Waals surface area contributed by atoms with Crippen molar-refractivity contribution in [3.63, 3.8) is 0 Å². The summed E-state index contributed by atoms with van der Waals surface area (Å²) in [6, 6.07) is 11.1. The lowest BCUT2D eigenvalue weighted by atomic mass is 10.1. The molecule has 0 saturated heterocycles. The molecule has 0 bridgehead atoms. The van der Waals surface area contributed by atoms with Gasteiger partial charge < -0.3 is 9.84 Å². The van der Waals surface area contributed by atoms with E-state index in [9.17, 15) is 4.79 Å². The van der Waals surface area contributed by atoms with Crippen molar-refractivity contribution in [2.45, 2.75) is 19.9 Å². The molecule has 0 radical (unpaired) electrons. The maximum absolute atomic E-state index is 12.1. The van der Waals surface area contributed by atoms with Gasteiger partial charge in [0.25, 0.3) is 5.91 Å². The molecule has 0 saturated carbocycles. The monoisotopic (exact) mass is 378 g/mol. The molecule has 2 heterocycles. The molecule has 25 heavy (non-hydrogen) atoms. The molecular formula is C17H16Cl2N4O2. The van der Waals surface area contributed by atoms with Crippen molar-refractivity contribution in [2.24, 2.45) is 0 Å². The van der Waals surface area contributed by atoms with E-state index in [1.165, 1.54) is 0 Å². The van der Waals surface area contributed by atoms with Crippen molar-refractivity contribution in [1.29, 1.82) is 0 Å². The van der Waals surface area contributed by atoms with Gasteiger partial charge in [0.15, 0.2) is 11.5 Å². The molecule has 0 unspecified atom stereocenters. The van der Waals surface area contributed by atoms with Crippen molar-refractivity contribution in [3.05, 3.63) is 58.0 Å². The quantitative estimate of drug-likeness (QED) is 0.658. The number of nitrogens with one attached hydrogen (secondary N) is 1. The molecule has 8 heteroatoms. The Morgan fingerprint density at radius 1 is 1.28 bits per heavy atom. The van der Waals surface area contributed by atoms with Crippen LogP contribution in [-0.2, 0) is 6.54 Å². The highest BCUT2D eigenvalue weighted by molar-refractivity contribution is 6.41. The van der Waals surface area contributed by atoms with Crippen LogP contribution in [0.2, 0.25) is 10.2 Å². The Morgan fingerprint density at radius 2 is 2.04 bits per heavy atom. The molecule has 0 spiro atoms. The number of amides is 1. The molecule has 0 aliphatic heterocycles. The number of carbonyl (C=O) groups is 1. The summed E-state index contributed by atoms with van der Waals surface area (Å²) in [5.41, 5.74) is 1.80. The van der Waals surface area contributed by atoms with E-state index in [1.807, 2.05) is 30.3 Å². The second-order valence-electron chi connectivity index (χ2n) is 5.47. The predicted molar refractivity (Wildman–Crippen MR) is 95.9 cm³/mol. The third-order valence-electron chi connectivity index (χ3n) is 3.63. The SMILES string of the molecule is Cc1nn(CCCNC(=O)c2cc(-c3ccccc3)on2)c(Cl)c1Cl. The largest absolute Gasteiger partial charge is 0.355 e. The number of carbonyl (C=O) groups excluding carboxylic acids is 1. The van der Waals surface area contributed by atoms with Crippen LogP contribution >= 0.6 is 23.2 Å². The highest BCUT2D eigenvalue weighted by atomic mass is 35.5. The Balaban J connectivity index is 1.51. The van der Waals surface area contributed by atoms with E-state index < -0.39 is 0 Å². The first-order valence-electron chi connectivity index (χ1n) is 7.75. The van der Waals surface area contributed by atoms with Crippen LogP contribution in [0.15, 0.2) is 40.9 Å². The molecule has 1 amide bonds. The summed E-state index contributed by atoms with van der Waals surface area (Å²) in [5, 5.41) is 11.7. The molecule has 3 rings (SSSR count). The summed E-state index contributed by atoms with van der Waals surface area (Å²) in [7, 11) is 0. The van der Waals surface area contributed by atoms with Gasteiger partial charge in [0.05, 0.1) is 5.69 Å². The Morgan fingerprint density at radius 3 is 2.72 bits per heavy atom. The van der Waals surface area contributed by atoms with Gasteiger partial charge >= 0.3 is 0 Å². The molecule has 130 valence electrons. The van der Waals surface area contributed by atoms with Gasteiger partial charge in [-0.1, -0.05) is 58.7 Å². The van der Waals surface area contributed by atoms with Crippen molar-refractivity contribution in [3.8, 4) is 11.3 Å². The maximum Gasteiger partial charge on any atom is 0.273 e. The van der Waals surface area contributed by atoms with Crippen LogP contribution in [0, 0.1) is 6.92 Å². The van der Waals surface area contributed by atoms with Gasteiger partial charge in [0.1, 0.15) is 10.2 Å². The highest BCUT2D eigenvalue weighted by Gasteiger charge is 2.14. The van der Waals surface area contributed by atoms with Gasteiger partial charge in [-0.05, 0) is 13.3 Å². The van der Waals surface area contributed by atoms with E-state index in [2.05, 4.69) is 15.6 Å². The summed E-state index contributed by atoms with van der Waals surface area (Å²) in [5.74, 6) is 0.269. The third kappa shape index (κ3) is 4.03. The van der Waals surface area contributed by atoms with Gasteiger partial charge in [0.2, 0.25) is 0 Å². The van der Waals surface area contributed by atoms with Gasteiger partial charge in [0, 0.05) is 24.7 Å². The number of rotatable bonds is 6. The zero-order valence-corrected chi connectivity index (χ0v) is 15.0. The van der Waals surface area contributed by atoms with E-state index in [0.29, 0.717) is 41.1 Å². The Kier molecular flexibility index (Phi) is 5.40. The summed E-state index contributed by atoms with van der Waals surface area (Å²) in [6.07, 6.45) is 0.659. The molecule has 0 atom stereocenters. The molecule has 6 nitrogen and oxygen atoms in total. The Hall–Kier alpha value is -2.31. The fourth-order valence-corrected chi connectivity index (χ4v) is 2.72. The van der Waals surface area contributed by atoms with Crippen LogP contribution in [0.1, 0.15) is 22.6 Å². The smallest absolute Gasteiger partial charge is 0.273 e. The van der Waals surface area contributed by atoms with Crippen molar-refractivity contribution in [2.75, 3.05) is 6.54 Å². The molecule has 0 aliphatic rings. The minimum atomic E-state index is -0.285. The van der Waals surface area contributed by atoms with Crippen LogP contribution in [0.25, 0.3) is 11.3 Å². The normalized spacial score (nSPS) is 10.8. The molecule has 0 fully saturated rings. The topological polar surface area (TPSA) is 73.0 Å². The molecule has 3 aromatic rings. The maximum atomic E-state index is 12.1. The van der Waals surface area contributed by atoms with E-state index in [-0.39, 0.29) is 11.6 Å². The lowest BCUT2D eigenvalue weighted by molar-refractivity contribution is 0.0943. The zero-order valence-electron chi connectivity index (χ0n) is 13.5. The van der Waals surface area contributed by atoms with E-state index in [4.69, 9.17) is 27.7 Å². The molecular weight excluding hydrogens is 363 g/mol. The minimum absolute atomic E-state index is 0.245. The average Bonchev–Trinajstić information content (AvgIpc) is 3.21. The number of aromatic nitrogens is 3. The van der Waals surface area contributed by atoms with Crippen LogP contribution in [0.5, 0.6) is 0 Å². The summed E-state index contributed by atoms with van der Waals surface area (Å²) < 4.78 is 6.84. The van der Waals surface area contributed by atoms with Crippen molar-refractivity contribution in [1.82, 2.24) is 20.3 Å². The van der Waals surface area contributed by atoms with E-state index in [0.717, 1.165) is 5.56 Å². The lowest BCUT2D eigenvalue weighted by Crippen LogP contribution is -2.25. The predicted octanol–water partition coefficient (Wildman–Crippen LogP) is 3.97. The first kappa shape index (κ1) is 17.5. The lowest BCUT2D eigenvalue weighted by Gasteiger charge is -2.04. The number of hydrogen-bond donors (Lipinski definition) is 1. The molecule has 1 aromatic carbocycles. The van der Waals surface area contributed by atoms with Crippen LogP contribution < -0.4 is 5.32 Å². The molecule has 1 N–H and O–H groups in total. The molecule has 2 aromatic heterocycles. The number of nitrogens with zero attached hydrogens (tertiary/aromatic N) is 3. The summed E-state index contributed by atoms with van der Waals surface area (Å²) >= 11 is 12.1. The number of aryl methyl sites for hydroxylation is 2. The summed E-state index contributed by atoms with van der Waals surface area (Å²) in [6.45, 7) is 2.81. The van der Waals surface area contributed by atoms with Crippen LogP contribution in [0.4, 0.5) is 0 Å². The van der Waals surface area contributed by atoms with Crippen LogP contribution in [0.3, 0.4) is 0 Å². The van der Waals surface area contributed by atoms with Gasteiger partial charge in [-0.15, -0.1) is 0 Å². The zero-order chi connectivity index (χ0) is 17.8. The second-order valence-corrected chi connectivity index (χ2v) is 6.20. The number of halogens is 2. The average molecular weight is 379 g/mol. The Bertz CT molecular complexity index is 874. The Labute approximate surface area is 154 Å². The van der Waals surface area contributed by atoms with E-state index >= 15 is 0 Å². The fraction of sp³-hybridized carbons (Fsp3) is 0.235. The molecule has 0 aliphatic carbocycles. The summed E-state index contributed by atoms with van der Waals surface area (Å²) in [4.78, 5) is 12.1. The van der Waals surface area contributed by atoms with Crippen molar-refractivity contribution >= 4 is 29.1 Å².